The fraction of sp³-hybridized carbons (Fsp3) is 0.278. The van der Waals surface area contributed by atoms with E-state index in [-0.39, 0.29) is 17.1 Å². The quantitative estimate of drug-likeness (QED) is 0.744. The van der Waals surface area contributed by atoms with E-state index in [2.05, 4.69) is 5.32 Å². The second-order valence-electron chi connectivity index (χ2n) is 5.37. The molecule has 0 aliphatic carbocycles. The Hall–Kier alpha value is -2.41. The van der Waals surface area contributed by atoms with Gasteiger partial charge in [-0.25, -0.2) is 0 Å². The molecule has 0 aromatic heterocycles. The number of carbonyl (C=O) groups is 1. The summed E-state index contributed by atoms with van der Waals surface area (Å²) in [5.74, 6) is 0.335. The van der Waals surface area contributed by atoms with Gasteiger partial charge in [0.05, 0.1) is 18.4 Å². The molecule has 0 aliphatic rings. The molecular formula is C18H17ClF3NO3. The Balaban J connectivity index is 2.16. The molecule has 0 radical (unpaired) electrons. The van der Waals surface area contributed by atoms with Crippen LogP contribution in [0.1, 0.15) is 18.9 Å². The second kappa shape index (κ2) is 8.31. The van der Waals surface area contributed by atoms with Gasteiger partial charge in [0.25, 0.3) is 5.91 Å². The van der Waals surface area contributed by atoms with E-state index in [0.717, 1.165) is 12.1 Å². The zero-order valence-corrected chi connectivity index (χ0v) is 14.8. The fourth-order valence-corrected chi connectivity index (χ4v) is 2.39. The molecule has 140 valence electrons. The van der Waals surface area contributed by atoms with E-state index in [1.807, 2.05) is 0 Å². The van der Waals surface area contributed by atoms with E-state index >= 15 is 0 Å². The molecule has 0 bridgehead atoms. The van der Waals surface area contributed by atoms with Gasteiger partial charge >= 0.3 is 6.18 Å². The predicted molar refractivity (Wildman–Crippen MR) is 92.8 cm³/mol. The normalized spacial score (nSPS) is 12.4. The number of anilines is 1. The number of hydrogen-bond donors (Lipinski definition) is 1. The molecule has 2 rings (SSSR count). The van der Waals surface area contributed by atoms with E-state index < -0.39 is 23.8 Å². The fourth-order valence-electron chi connectivity index (χ4n) is 2.21. The average Bonchev–Trinajstić information content (AvgIpc) is 2.60. The van der Waals surface area contributed by atoms with E-state index in [0.29, 0.717) is 11.5 Å². The van der Waals surface area contributed by atoms with Crippen molar-refractivity contribution in [3.05, 3.63) is 53.1 Å². The zero-order valence-electron chi connectivity index (χ0n) is 14.1. The lowest BCUT2D eigenvalue weighted by Gasteiger charge is -2.19. The minimum atomic E-state index is -4.65. The topological polar surface area (TPSA) is 47.6 Å². The first-order valence-electron chi connectivity index (χ1n) is 7.73. The smallest absolute Gasteiger partial charge is 0.418 e. The van der Waals surface area contributed by atoms with Crippen LogP contribution in [-0.4, -0.2) is 19.1 Å². The summed E-state index contributed by atoms with van der Waals surface area (Å²) in [6.45, 7) is 1.69. The van der Waals surface area contributed by atoms with Crippen molar-refractivity contribution in [1.29, 1.82) is 0 Å². The third kappa shape index (κ3) is 5.05. The van der Waals surface area contributed by atoms with Crippen molar-refractivity contribution in [3.8, 4) is 11.5 Å². The van der Waals surface area contributed by atoms with Crippen LogP contribution in [-0.2, 0) is 11.0 Å². The minimum absolute atomic E-state index is 0.0724. The molecule has 2 aromatic carbocycles. The third-order valence-electron chi connectivity index (χ3n) is 3.55. The van der Waals surface area contributed by atoms with Gasteiger partial charge in [-0.1, -0.05) is 18.5 Å². The van der Waals surface area contributed by atoms with Crippen LogP contribution in [0.25, 0.3) is 0 Å². The monoisotopic (exact) mass is 387 g/mol. The molecule has 0 saturated carbocycles. The average molecular weight is 388 g/mol. The van der Waals surface area contributed by atoms with Crippen molar-refractivity contribution in [1.82, 2.24) is 0 Å². The lowest BCUT2D eigenvalue weighted by Crippen LogP contribution is -2.33. The molecule has 1 N–H and O–H groups in total. The summed E-state index contributed by atoms with van der Waals surface area (Å²) in [5.41, 5.74) is -1.39. The zero-order chi connectivity index (χ0) is 19.3. The van der Waals surface area contributed by atoms with Crippen LogP contribution in [0.3, 0.4) is 0 Å². The molecule has 26 heavy (non-hydrogen) atoms. The van der Waals surface area contributed by atoms with Crippen LogP contribution in [0.15, 0.2) is 42.5 Å². The summed E-state index contributed by atoms with van der Waals surface area (Å²) < 4.78 is 50.0. The van der Waals surface area contributed by atoms with Gasteiger partial charge in [0.2, 0.25) is 0 Å². The molecule has 0 heterocycles. The van der Waals surface area contributed by atoms with Gasteiger partial charge < -0.3 is 14.8 Å². The van der Waals surface area contributed by atoms with Crippen molar-refractivity contribution >= 4 is 23.2 Å². The van der Waals surface area contributed by atoms with Crippen molar-refractivity contribution in [3.63, 3.8) is 0 Å². The SMILES string of the molecule is CCC(Oc1ccc(OC)cc1)C(=O)Nc1ccc(Cl)cc1C(F)(F)F. The van der Waals surface area contributed by atoms with Crippen LogP contribution in [0.2, 0.25) is 5.02 Å². The largest absolute Gasteiger partial charge is 0.497 e. The highest BCUT2D eigenvalue weighted by Crippen LogP contribution is 2.36. The molecule has 1 atom stereocenters. The molecule has 2 aromatic rings. The number of benzene rings is 2. The molecule has 4 nitrogen and oxygen atoms in total. The summed E-state index contributed by atoms with van der Waals surface area (Å²) >= 11 is 5.63. The molecule has 1 unspecified atom stereocenters. The number of ether oxygens (including phenoxy) is 2. The highest BCUT2D eigenvalue weighted by molar-refractivity contribution is 6.30. The Morgan fingerprint density at radius 2 is 1.77 bits per heavy atom. The first-order chi connectivity index (χ1) is 12.2. The van der Waals surface area contributed by atoms with E-state index in [1.54, 1.807) is 31.2 Å². The van der Waals surface area contributed by atoms with Crippen LogP contribution in [0.5, 0.6) is 11.5 Å². The number of hydrogen-bond acceptors (Lipinski definition) is 3. The predicted octanol–water partition coefficient (Wildman–Crippen LogP) is 5.16. The molecule has 0 fully saturated rings. The maximum absolute atomic E-state index is 13.1. The van der Waals surface area contributed by atoms with Crippen LogP contribution in [0.4, 0.5) is 18.9 Å². The first kappa shape index (κ1) is 19.9. The van der Waals surface area contributed by atoms with Crippen molar-refractivity contribution in [2.24, 2.45) is 0 Å². The van der Waals surface area contributed by atoms with E-state index in [1.165, 1.54) is 13.2 Å². The highest BCUT2D eigenvalue weighted by atomic mass is 35.5. The van der Waals surface area contributed by atoms with Crippen LogP contribution in [0, 0.1) is 0 Å². The first-order valence-corrected chi connectivity index (χ1v) is 8.10. The summed E-state index contributed by atoms with van der Waals surface area (Å²) in [5, 5.41) is 2.20. The van der Waals surface area contributed by atoms with Crippen LogP contribution < -0.4 is 14.8 Å². The Morgan fingerprint density at radius 1 is 1.15 bits per heavy atom. The van der Waals surface area contributed by atoms with Gasteiger partial charge in [0, 0.05) is 5.02 Å². The molecule has 8 heteroatoms. The van der Waals surface area contributed by atoms with Crippen molar-refractivity contribution < 1.29 is 27.4 Å². The molecular weight excluding hydrogens is 371 g/mol. The number of amides is 1. The Labute approximate surface area is 153 Å². The lowest BCUT2D eigenvalue weighted by atomic mass is 10.1. The Morgan fingerprint density at radius 3 is 2.31 bits per heavy atom. The van der Waals surface area contributed by atoms with Gasteiger partial charge in [0.15, 0.2) is 6.10 Å². The lowest BCUT2D eigenvalue weighted by molar-refractivity contribution is -0.137. The summed E-state index contributed by atoms with van der Waals surface area (Å²) in [4.78, 5) is 12.4. The number of carbonyl (C=O) groups excluding carboxylic acids is 1. The number of alkyl halides is 3. The second-order valence-corrected chi connectivity index (χ2v) is 5.80. The van der Waals surface area contributed by atoms with Gasteiger partial charge in [-0.3, -0.25) is 4.79 Å². The Bertz CT molecular complexity index is 763. The number of nitrogens with one attached hydrogen (secondary N) is 1. The maximum Gasteiger partial charge on any atom is 0.418 e. The van der Waals surface area contributed by atoms with Gasteiger partial charge in [-0.2, -0.15) is 13.2 Å². The van der Waals surface area contributed by atoms with Crippen LogP contribution >= 0.6 is 11.6 Å². The number of rotatable bonds is 6. The van der Waals surface area contributed by atoms with Crippen molar-refractivity contribution in [2.45, 2.75) is 25.6 Å². The summed E-state index contributed by atoms with van der Waals surface area (Å²) in [7, 11) is 1.52. The Kier molecular flexibility index (Phi) is 6.37. The number of halogens is 4. The number of methoxy groups -OCH3 is 1. The van der Waals surface area contributed by atoms with Gasteiger partial charge in [-0.15, -0.1) is 0 Å². The summed E-state index contributed by atoms with van der Waals surface area (Å²) in [6.07, 6.45) is -5.33. The third-order valence-corrected chi connectivity index (χ3v) is 3.78. The van der Waals surface area contributed by atoms with E-state index in [4.69, 9.17) is 21.1 Å². The minimum Gasteiger partial charge on any atom is -0.497 e. The van der Waals surface area contributed by atoms with Gasteiger partial charge in [0.1, 0.15) is 11.5 Å². The molecule has 0 spiro atoms. The summed E-state index contributed by atoms with van der Waals surface area (Å²) in [6, 6.07) is 9.68. The standard InChI is InChI=1S/C18H17ClF3NO3/c1-3-16(26-13-7-5-12(25-2)6-8-13)17(24)23-15-9-4-11(19)10-14(15)18(20,21)22/h4-10,16H,3H2,1-2H3,(H,23,24). The molecule has 0 aliphatic heterocycles. The van der Waals surface area contributed by atoms with Gasteiger partial charge in [-0.05, 0) is 48.9 Å². The molecule has 1 amide bonds. The maximum atomic E-state index is 13.1. The molecule has 0 saturated heterocycles. The van der Waals surface area contributed by atoms with Crippen molar-refractivity contribution in [2.75, 3.05) is 12.4 Å². The van der Waals surface area contributed by atoms with E-state index in [9.17, 15) is 18.0 Å². The highest BCUT2D eigenvalue weighted by Gasteiger charge is 2.34.